The molecule has 0 aromatic heterocycles. The molecule has 1 aliphatic rings. The van der Waals surface area contributed by atoms with E-state index in [1.165, 1.54) is 43.4 Å². The molecule has 0 saturated carbocycles. The SMILES string of the molecule is CC(C)Cc1ccc(CC2(C(C)C)CCCN2)cc1. The maximum absolute atomic E-state index is 3.76. The molecule has 0 amide bonds. The summed E-state index contributed by atoms with van der Waals surface area (Å²) in [5.41, 5.74) is 3.28. The fraction of sp³-hybridized carbons (Fsp3) is 0.667. The van der Waals surface area contributed by atoms with Gasteiger partial charge in [-0.2, -0.15) is 0 Å². The summed E-state index contributed by atoms with van der Waals surface area (Å²) in [6.07, 6.45) is 5.00. The summed E-state index contributed by atoms with van der Waals surface area (Å²) in [6.45, 7) is 10.5. The first-order chi connectivity index (χ1) is 9.02. The highest BCUT2D eigenvalue weighted by atomic mass is 15.0. The van der Waals surface area contributed by atoms with Crippen LogP contribution in [-0.4, -0.2) is 12.1 Å². The van der Waals surface area contributed by atoms with E-state index in [-0.39, 0.29) is 0 Å². The van der Waals surface area contributed by atoms with Crippen molar-refractivity contribution < 1.29 is 0 Å². The van der Waals surface area contributed by atoms with E-state index in [2.05, 4.69) is 57.3 Å². The van der Waals surface area contributed by atoms with Crippen LogP contribution in [0.2, 0.25) is 0 Å². The standard InChI is InChI=1S/C18H29N/c1-14(2)12-16-6-8-17(9-7-16)13-18(15(3)4)10-5-11-19-18/h6-9,14-15,19H,5,10-13H2,1-4H3. The van der Waals surface area contributed by atoms with Crippen LogP contribution in [-0.2, 0) is 12.8 Å². The van der Waals surface area contributed by atoms with Crippen molar-refractivity contribution in [3.8, 4) is 0 Å². The predicted octanol–water partition coefficient (Wildman–Crippen LogP) is 4.21. The van der Waals surface area contributed by atoms with Crippen LogP contribution in [0, 0.1) is 11.8 Å². The largest absolute Gasteiger partial charge is 0.311 e. The van der Waals surface area contributed by atoms with Crippen LogP contribution in [0.5, 0.6) is 0 Å². The van der Waals surface area contributed by atoms with Gasteiger partial charge in [0.05, 0.1) is 0 Å². The van der Waals surface area contributed by atoms with Gasteiger partial charge in [-0.05, 0) is 55.2 Å². The fourth-order valence-corrected chi connectivity index (χ4v) is 3.31. The minimum absolute atomic E-state index is 0.333. The van der Waals surface area contributed by atoms with Crippen molar-refractivity contribution in [3.05, 3.63) is 35.4 Å². The van der Waals surface area contributed by atoms with Gasteiger partial charge in [-0.25, -0.2) is 0 Å². The van der Waals surface area contributed by atoms with Gasteiger partial charge in [-0.1, -0.05) is 52.0 Å². The number of hydrogen-bond acceptors (Lipinski definition) is 1. The maximum atomic E-state index is 3.76. The van der Waals surface area contributed by atoms with E-state index in [1.54, 1.807) is 0 Å². The van der Waals surface area contributed by atoms with Crippen LogP contribution < -0.4 is 5.32 Å². The first-order valence-corrected chi connectivity index (χ1v) is 7.85. The van der Waals surface area contributed by atoms with E-state index in [0.29, 0.717) is 11.5 Å². The molecule has 1 atom stereocenters. The molecule has 0 spiro atoms. The molecule has 1 heterocycles. The summed E-state index contributed by atoms with van der Waals surface area (Å²) in [7, 11) is 0. The smallest absolute Gasteiger partial charge is 0.0245 e. The van der Waals surface area contributed by atoms with E-state index in [9.17, 15) is 0 Å². The van der Waals surface area contributed by atoms with Gasteiger partial charge in [0.15, 0.2) is 0 Å². The first kappa shape index (κ1) is 14.6. The Morgan fingerprint density at radius 1 is 1.05 bits per heavy atom. The Morgan fingerprint density at radius 2 is 1.68 bits per heavy atom. The van der Waals surface area contributed by atoms with Crippen molar-refractivity contribution in [3.63, 3.8) is 0 Å². The number of rotatable bonds is 5. The Balaban J connectivity index is 2.06. The lowest BCUT2D eigenvalue weighted by atomic mass is 9.79. The van der Waals surface area contributed by atoms with Crippen molar-refractivity contribution in [2.75, 3.05) is 6.54 Å². The van der Waals surface area contributed by atoms with E-state index in [4.69, 9.17) is 0 Å². The fourth-order valence-electron chi connectivity index (χ4n) is 3.31. The topological polar surface area (TPSA) is 12.0 Å². The van der Waals surface area contributed by atoms with Crippen molar-refractivity contribution in [2.45, 2.75) is 58.9 Å². The van der Waals surface area contributed by atoms with Gasteiger partial charge in [0.25, 0.3) is 0 Å². The second-order valence-corrected chi connectivity index (χ2v) is 6.93. The van der Waals surface area contributed by atoms with Gasteiger partial charge in [-0.15, -0.1) is 0 Å². The van der Waals surface area contributed by atoms with Crippen LogP contribution in [0.25, 0.3) is 0 Å². The van der Waals surface area contributed by atoms with Gasteiger partial charge >= 0.3 is 0 Å². The Labute approximate surface area is 118 Å². The highest BCUT2D eigenvalue weighted by molar-refractivity contribution is 5.25. The summed E-state index contributed by atoms with van der Waals surface area (Å²) < 4.78 is 0. The van der Waals surface area contributed by atoms with Crippen LogP contribution in [0.3, 0.4) is 0 Å². The Hall–Kier alpha value is -0.820. The second kappa shape index (κ2) is 6.09. The molecule has 1 saturated heterocycles. The normalized spacial score (nSPS) is 23.5. The maximum Gasteiger partial charge on any atom is 0.0245 e. The minimum Gasteiger partial charge on any atom is -0.311 e. The summed E-state index contributed by atoms with van der Waals surface area (Å²) in [6, 6.07) is 9.31. The zero-order valence-electron chi connectivity index (χ0n) is 13.0. The Bertz CT molecular complexity index is 383. The van der Waals surface area contributed by atoms with Gasteiger partial charge < -0.3 is 5.32 Å². The molecular formula is C18H29N. The van der Waals surface area contributed by atoms with Gasteiger partial charge in [0.1, 0.15) is 0 Å². The molecule has 106 valence electrons. The van der Waals surface area contributed by atoms with Gasteiger partial charge in [0, 0.05) is 5.54 Å². The number of hydrogen-bond donors (Lipinski definition) is 1. The first-order valence-electron chi connectivity index (χ1n) is 7.85. The third-order valence-corrected chi connectivity index (χ3v) is 4.57. The quantitative estimate of drug-likeness (QED) is 0.835. The van der Waals surface area contributed by atoms with Gasteiger partial charge in [0.2, 0.25) is 0 Å². The van der Waals surface area contributed by atoms with Crippen LogP contribution in [0.4, 0.5) is 0 Å². The highest BCUT2D eigenvalue weighted by Gasteiger charge is 2.36. The van der Waals surface area contributed by atoms with Crippen molar-refractivity contribution in [1.82, 2.24) is 5.32 Å². The molecule has 0 radical (unpaired) electrons. The summed E-state index contributed by atoms with van der Waals surface area (Å²) in [4.78, 5) is 0. The zero-order chi connectivity index (χ0) is 13.9. The molecule has 1 N–H and O–H groups in total. The van der Waals surface area contributed by atoms with Crippen LogP contribution in [0.1, 0.15) is 51.7 Å². The molecule has 1 nitrogen and oxygen atoms in total. The number of benzene rings is 1. The van der Waals surface area contributed by atoms with E-state index in [0.717, 1.165) is 5.92 Å². The van der Waals surface area contributed by atoms with Crippen LogP contribution in [0.15, 0.2) is 24.3 Å². The molecule has 0 bridgehead atoms. The molecule has 1 aliphatic heterocycles. The lowest BCUT2D eigenvalue weighted by Gasteiger charge is -2.34. The Morgan fingerprint density at radius 3 is 2.16 bits per heavy atom. The summed E-state index contributed by atoms with van der Waals surface area (Å²) in [5, 5.41) is 3.76. The van der Waals surface area contributed by atoms with Crippen molar-refractivity contribution >= 4 is 0 Å². The van der Waals surface area contributed by atoms with E-state index in [1.807, 2.05) is 0 Å². The van der Waals surface area contributed by atoms with Gasteiger partial charge in [-0.3, -0.25) is 0 Å². The lowest BCUT2D eigenvalue weighted by Crippen LogP contribution is -2.46. The van der Waals surface area contributed by atoms with Crippen molar-refractivity contribution in [2.24, 2.45) is 11.8 Å². The minimum atomic E-state index is 0.333. The molecule has 1 fully saturated rings. The second-order valence-electron chi connectivity index (χ2n) is 6.93. The molecule has 1 aromatic rings. The van der Waals surface area contributed by atoms with Crippen LogP contribution >= 0.6 is 0 Å². The predicted molar refractivity (Wildman–Crippen MR) is 83.5 cm³/mol. The zero-order valence-corrected chi connectivity index (χ0v) is 13.0. The molecule has 1 aromatic carbocycles. The third-order valence-electron chi connectivity index (χ3n) is 4.57. The molecule has 2 rings (SSSR count). The van der Waals surface area contributed by atoms with E-state index >= 15 is 0 Å². The number of nitrogens with one attached hydrogen (secondary N) is 1. The summed E-state index contributed by atoms with van der Waals surface area (Å²) in [5.74, 6) is 1.44. The molecular weight excluding hydrogens is 230 g/mol. The summed E-state index contributed by atoms with van der Waals surface area (Å²) >= 11 is 0. The lowest BCUT2D eigenvalue weighted by molar-refractivity contribution is 0.269. The average molecular weight is 259 g/mol. The third kappa shape index (κ3) is 3.60. The monoisotopic (exact) mass is 259 g/mol. The molecule has 1 heteroatoms. The molecule has 1 unspecified atom stereocenters. The Kier molecular flexibility index (Phi) is 4.67. The molecule has 0 aliphatic carbocycles. The highest BCUT2D eigenvalue weighted by Crippen LogP contribution is 2.31. The van der Waals surface area contributed by atoms with Crippen molar-refractivity contribution in [1.29, 1.82) is 0 Å². The van der Waals surface area contributed by atoms with E-state index < -0.39 is 0 Å². The molecule has 19 heavy (non-hydrogen) atoms. The average Bonchev–Trinajstić information content (AvgIpc) is 2.81.